The van der Waals surface area contributed by atoms with E-state index in [0.29, 0.717) is 46.2 Å². The molecule has 176 valence electrons. The fourth-order valence-corrected chi connectivity index (χ4v) is 4.14. The summed E-state index contributed by atoms with van der Waals surface area (Å²) in [6.07, 6.45) is 7.40. The van der Waals surface area contributed by atoms with Crippen molar-refractivity contribution in [3.8, 4) is 28.6 Å². The lowest BCUT2D eigenvalue weighted by Gasteiger charge is -2.18. The number of ether oxygens (including phenoxy) is 2. The van der Waals surface area contributed by atoms with Crippen LogP contribution in [0.1, 0.15) is 18.3 Å². The Morgan fingerprint density at radius 3 is 2.41 bits per heavy atom. The number of anilines is 1. The highest BCUT2D eigenvalue weighted by Gasteiger charge is 2.23. The molecule has 0 bridgehead atoms. The van der Waals surface area contributed by atoms with Gasteiger partial charge in [0.1, 0.15) is 23.0 Å². The van der Waals surface area contributed by atoms with Crippen molar-refractivity contribution >= 4 is 29.5 Å². The number of pyridine rings is 1. The lowest BCUT2D eigenvalue weighted by atomic mass is 10.2. The van der Waals surface area contributed by atoms with E-state index in [4.69, 9.17) is 21.1 Å². The molecule has 4 rings (SSSR count). The molecular formula is C23H24ClN7O2S. The Labute approximate surface area is 207 Å². The topological polar surface area (TPSA) is 99.9 Å². The molecule has 3 heterocycles. The van der Waals surface area contributed by atoms with Crippen molar-refractivity contribution in [1.82, 2.24) is 29.7 Å². The number of hydrogen-bond acceptors (Lipinski definition) is 9. The van der Waals surface area contributed by atoms with Gasteiger partial charge < -0.3 is 9.47 Å². The van der Waals surface area contributed by atoms with E-state index in [-0.39, 0.29) is 5.25 Å². The van der Waals surface area contributed by atoms with Crippen LogP contribution >= 0.6 is 23.5 Å². The SMILES string of the molecule is COc1cccc(OC)c1-n1c(NSC(C)Cc2ncc(Cl)cn2)nnc1-c1cncc(C)c1. The number of nitrogens with zero attached hydrogens (tertiary/aromatic N) is 6. The van der Waals surface area contributed by atoms with Crippen LogP contribution in [0.4, 0.5) is 5.95 Å². The van der Waals surface area contributed by atoms with Crippen LogP contribution in [0.25, 0.3) is 17.1 Å². The summed E-state index contributed by atoms with van der Waals surface area (Å²) in [5.41, 5.74) is 2.52. The number of hydrogen-bond donors (Lipinski definition) is 1. The van der Waals surface area contributed by atoms with Crippen LogP contribution < -0.4 is 14.2 Å². The number of benzene rings is 1. The zero-order valence-corrected chi connectivity index (χ0v) is 20.8. The lowest BCUT2D eigenvalue weighted by Crippen LogP contribution is -2.11. The molecule has 4 aromatic rings. The van der Waals surface area contributed by atoms with Gasteiger partial charge in [-0.15, -0.1) is 10.2 Å². The average Bonchev–Trinajstić information content (AvgIpc) is 3.27. The fourth-order valence-electron chi connectivity index (χ4n) is 3.37. The van der Waals surface area contributed by atoms with Crippen molar-refractivity contribution < 1.29 is 9.47 Å². The molecule has 0 aliphatic rings. The van der Waals surface area contributed by atoms with Crippen LogP contribution in [0.15, 0.2) is 49.1 Å². The number of rotatable bonds is 9. The highest BCUT2D eigenvalue weighted by atomic mass is 35.5. The van der Waals surface area contributed by atoms with Gasteiger partial charge in [-0.05, 0) is 42.6 Å². The Kier molecular flexibility index (Phi) is 7.49. The van der Waals surface area contributed by atoms with Gasteiger partial charge in [-0.3, -0.25) is 14.3 Å². The number of halogens is 1. The van der Waals surface area contributed by atoms with Gasteiger partial charge in [0.15, 0.2) is 5.82 Å². The monoisotopic (exact) mass is 497 g/mol. The minimum Gasteiger partial charge on any atom is -0.494 e. The average molecular weight is 498 g/mol. The van der Waals surface area contributed by atoms with Gasteiger partial charge in [-0.1, -0.05) is 24.6 Å². The molecule has 0 fully saturated rings. The highest BCUT2D eigenvalue weighted by Crippen LogP contribution is 2.38. The minimum atomic E-state index is 0.134. The third kappa shape index (κ3) is 5.23. The molecule has 0 aliphatic heterocycles. The summed E-state index contributed by atoms with van der Waals surface area (Å²) < 4.78 is 16.5. The summed E-state index contributed by atoms with van der Waals surface area (Å²) in [6, 6.07) is 7.61. The van der Waals surface area contributed by atoms with Crippen molar-refractivity contribution in [3.63, 3.8) is 0 Å². The summed E-state index contributed by atoms with van der Waals surface area (Å²) in [6.45, 7) is 4.06. The van der Waals surface area contributed by atoms with E-state index in [0.717, 1.165) is 11.1 Å². The van der Waals surface area contributed by atoms with Crippen molar-refractivity contribution in [2.24, 2.45) is 0 Å². The second-order valence-corrected chi connectivity index (χ2v) is 9.18. The Morgan fingerprint density at radius 2 is 1.76 bits per heavy atom. The Morgan fingerprint density at radius 1 is 1.06 bits per heavy atom. The maximum atomic E-state index is 5.89. The summed E-state index contributed by atoms with van der Waals surface area (Å²) >= 11 is 7.38. The van der Waals surface area contributed by atoms with Crippen LogP contribution in [0.3, 0.4) is 0 Å². The molecule has 1 atom stereocenters. The second kappa shape index (κ2) is 10.7. The molecule has 0 saturated carbocycles. The van der Waals surface area contributed by atoms with Gasteiger partial charge in [0.2, 0.25) is 5.95 Å². The lowest BCUT2D eigenvalue weighted by molar-refractivity contribution is 0.391. The number of para-hydroxylation sites is 1. The molecule has 34 heavy (non-hydrogen) atoms. The molecule has 0 saturated heterocycles. The second-order valence-electron chi connectivity index (χ2n) is 7.50. The molecule has 0 amide bonds. The number of aryl methyl sites for hydroxylation is 1. The molecule has 3 aromatic heterocycles. The Bertz CT molecular complexity index is 1240. The quantitative estimate of drug-likeness (QED) is 0.327. The fraction of sp³-hybridized carbons (Fsp3) is 0.261. The highest BCUT2D eigenvalue weighted by molar-refractivity contribution is 8.01. The van der Waals surface area contributed by atoms with Crippen molar-refractivity contribution in [1.29, 1.82) is 0 Å². The maximum absolute atomic E-state index is 5.89. The van der Waals surface area contributed by atoms with Crippen LogP contribution in [0.5, 0.6) is 11.5 Å². The summed E-state index contributed by atoms with van der Waals surface area (Å²) in [5, 5.41) is 9.55. The van der Waals surface area contributed by atoms with Crippen molar-refractivity contribution in [2.75, 3.05) is 18.9 Å². The van der Waals surface area contributed by atoms with Gasteiger partial charge in [0.05, 0.1) is 19.2 Å². The normalized spacial score (nSPS) is 11.8. The van der Waals surface area contributed by atoms with Gasteiger partial charge in [0, 0.05) is 42.0 Å². The van der Waals surface area contributed by atoms with E-state index >= 15 is 0 Å². The summed E-state index contributed by atoms with van der Waals surface area (Å²) in [7, 11) is 3.24. The standard InChI is InChI=1S/C23H24ClN7O2S/c1-14-8-16(11-25-10-14)22-28-29-23(30-34-15(2)9-20-26-12-17(24)13-27-20)31(22)21-18(32-3)6-5-7-19(21)33-4/h5-8,10-13,15H,9H2,1-4H3,(H,29,30). The van der Waals surface area contributed by atoms with Gasteiger partial charge >= 0.3 is 0 Å². The molecule has 1 unspecified atom stereocenters. The van der Waals surface area contributed by atoms with E-state index in [1.807, 2.05) is 35.8 Å². The van der Waals surface area contributed by atoms with E-state index in [1.54, 1.807) is 39.0 Å². The van der Waals surface area contributed by atoms with Gasteiger partial charge in [-0.25, -0.2) is 9.97 Å². The molecule has 0 spiro atoms. The first kappa shape index (κ1) is 23.8. The Balaban J connectivity index is 1.70. The molecule has 11 heteroatoms. The van der Waals surface area contributed by atoms with Gasteiger partial charge in [0.25, 0.3) is 0 Å². The van der Waals surface area contributed by atoms with Crippen LogP contribution in [0.2, 0.25) is 5.02 Å². The predicted molar refractivity (Wildman–Crippen MR) is 134 cm³/mol. The predicted octanol–water partition coefficient (Wildman–Crippen LogP) is 4.79. The molecule has 9 nitrogen and oxygen atoms in total. The zero-order chi connectivity index (χ0) is 24.1. The third-order valence-corrected chi connectivity index (χ3v) is 5.98. The van der Waals surface area contributed by atoms with E-state index < -0.39 is 0 Å². The van der Waals surface area contributed by atoms with Crippen LogP contribution in [-0.2, 0) is 6.42 Å². The van der Waals surface area contributed by atoms with Crippen molar-refractivity contribution in [3.05, 3.63) is 65.5 Å². The van der Waals surface area contributed by atoms with Crippen LogP contribution in [-0.4, -0.2) is 49.2 Å². The first-order valence-electron chi connectivity index (χ1n) is 10.5. The first-order valence-corrected chi connectivity index (χ1v) is 11.7. The van der Waals surface area contributed by atoms with E-state index in [1.165, 1.54) is 11.9 Å². The van der Waals surface area contributed by atoms with Gasteiger partial charge in [-0.2, -0.15) is 0 Å². The Hall–Kier alpha value is -3.37. The smallest absolute Gasteiger partial charge is 0.239 e. The molecule has 1 N–H and O–H groups in total. The van der Waals surface area contributed by atoms with E-state index in [9.17, 15) is 0 Å². The molecule has 1 aromatic carbocycles. The largest absolute Gasteiger partial charge is 0.494 e. The first-order chi connectivity index (χ1) is 16.5. The van der Waals surface area contributed by atoms with Crippen LogP contribution in [0, 0.1) is 6.92 Å². The molecule has 0 radical (unpaired) electrons. The maximum Gasteiger partial charge on any atom is 0.239 e. The van der Waals surface area contributed by atoms with Crippen molar-refractivity contribution in [2.45, 2.75) is 25.5 Å². The summed E-state index contributed by atoms with van der Waals surface area (Å²) in [5.74, 6) is 3.09. The molecular weight excluding hydrogens is 474 g/mol. The van der Waals surface area contributed by atoms with E-state index in [2.05, 4.69) is 36.8 Å². The zero-order valence-electron chi connectivity index (χ0n) is 19.2. The number of nitrogens with one attached hydrogen (secondary N) is 1. The minimum absolute atomic E-state index is 0.134. The summed E-state index contributed by atoms with van der Waals surface area (Å²) in [4.78, 5) is 12.9. The number of methoxy groups -OCH3 is 2. The third-order valence-electron chi connectivity index (χ3n) is 4.92. The molecule has 0 aliphatic carbocycles. The number of aromatic nitrogens is 6.